The summed E-state index contributed by atoms with van der Waals surface area (Å²) in [6, 6.07) is 0. The van der Waals surface area contributed by atoms with Gasteiger partial charge in [0.2, 0.25) is 5.91 Å². The van der Waals surface area contributed by atoms with E-state index in [9.17, 15) is 28.4 Å². The minimum atomic E-state index is -4.88. The van der Waals surface area contributed by atoms with Crippen LogP contribution in [0.25, 0.3) is 0 Å². The van der Waals surface area contributed by atoms with Crippen molar-refractivity contribution in [1.29, 1.82) is 0 Å². The quantitative estimate of drug-likeness (QED) is 0.165. The fourth-order valence-electron chi connectivity index (χ4n) is 3.00. The number of amides is 2. The van der Waals surface area contributed by atoms with Crippen molar-refractivity contribution in [2.45, 2.75) is 24.7 Å². The summed E-state index contributed by atoms with van der Waals surface area (Å²) in [6.07, 6.45) is -2.00. The van der Waals surface area contributed by atoms with Gasteiger partial charge in [-0.05, 0) is 6.08 Å². The number of nitrogens with one attached hydrogen (secondary N) is 1. The molecule has 1 saturated heterocycles. The average molecular weight is 576 g/mol. The van der Waals surface area contributed by atoms with E-state index in [-0.39, 0.29) is 18.5 Å². The lowest BCUT2D eigenvalue weighted by molar-refractivity contribution is -0.134. The highest BCUT2D eigenvalue weighted by molar-refractivity contribution is 7.67. The highest BCUT2D eigenvalue weighted by Crippen LogP contribution is 2.72. The van der Waals surface area contributed by atoms with Crippen molar-refractivity contribution in [3.8, 4) is 11.8 Å². The van der Waals surface area contributed by atoms with E-state index in [0.29, 0.717) is 0 Å². The second kappa shape index (κ2) is 13.0. The molecule has 36 heavy (non-hydrogen) atoms. The van der Waals surface area contributed by atoms with E-state index < -0.39 is 66.1 Å². The standard InChI is InChI=1S/C17H27N2O14P3/c1-26-34(23,27-2)32-36(25,29-4)33-35(24,28-3)30-10-15-13(20)9-14(31-15)12-8-11(6-5-7-18)16(21)19-17(12)22/h8,12-15,20H,7,9-10,18H2,1-4H3,(H,19,21,22)/t12?,13?,14-,15-,35?,36?/m1/s1. The summed E-state index contributed by atoms with van der Waals surface area (Å²) in [5.41, 5.74) is 5.32. The number of ether oxygens (including phenoxy) is 1. The molecule has 2 amide bonds. The van der Waals surface area contributed by atoms with E-state index in [2.05, 4.69) is 39.6 Å². The molecule has 2 heterocycles. The van der Waals surface area contributed by atoms with Crippen LogP contribution in [0.4, 0.5) is 0 Å². The topological polar surface area (TPSA) is 217 Å². The van der Waals surface area contributed by atoms with Crippen molar-refractivity contribution in [1.82, 2.24) is 5.32 Å². The molecule has 0 aromatic rings. The number of aliphatic hydroxyl groups is 1. The van der Waals surface area contributed by atoms with Crippen LogP contribution in [0.1, 0.15) is 6.42 Å². The number of phosphoric ester groups is 2. The maximum Gasteiger partial charge on any atom is 0.492 e. The summed E-state index contributed by atoms with van der Waals surface area (Å²) < 4.78 is 76.0. The Balaban J connectivity index is 2.10. The van der Waals surface area contributed by atoms with Crippen LogP contribution in [0.5, 0.6) is 0 Å². The summed E-state index contributed by atoms with van der Waals surface area (Å²) in [6.45, 7) is -0.631. The van der Waals surface area contributed by atoms with Gasteiger partial charge >= 0.3 is 23.5 Å². The smallest absolute Gasteiger partial charge is 0.390 e. The minimum absolute atomic E-state index is 0.00154. The Kier molecular flexibility index (Phi) is 11.2. The largest absolute Gasteiger partial charge is 0.492 e. The molecule has 6 atom stereocenters. The van der Waals surface area contributed by atoms with Crippen molar-refractivity contribution in [2.24, 2.45) is 11.7 Å². The molecule has 204 valence electrons. The molecule has 4 N–H and O–H groups in total. The van der Waals surface area contributed by atoms with Gasteiger partial charge in [0.1, 0.15) is 6.10 Å². The van der Waals surface area contributed by atoms with Crippen molar-refractivity contribution in [3.05, 3.63) is 11.6 Å². The zero-order chi connectivity index (χ0) is 27.1. The Morgan fingerprint density at radius 3 is 2.19 bits per heavy atom. The SMILES string of the molecule is COP(=O)(OC)OP(=O)(OC)OP(=O)(OC)OC[C@H]1O[C@@H](C2C=C(C#CCN)C(=O)NC2=O)CC1O. The van der Waals surface area contributed by atoms with E-state index >= 15 is 0 Å². The van der Waals surface area contributed by atoms with Crippen LogP contribution in [0.15, 0.2) is 11.6 Å². The fraction of sp³-hybridized carbons (Fsp3) is 0.647. The van der Waals surface area contributed by atoms with E-state index in [4.69, 9.17) is 19.3 Å². The zero-order valence-electron chi connectivity index (χ0n) is 19.7. The van der Waals surface area contributed by atoms with Crippen LogP contribution < -0.4 is 11.1 Å². The Morgan fingerprint density at radius 1 is 1.06 bits per heavy atom. The van der Waals surface area contributed by atoms with Gasteiger partial charge in [-0.3, -0.25) is 37.5 Å². The van der Waals surface area contributed by atoms with Gasteiger partial charge in [-0.1, -0.05) is 11.8 Å². The number of phosphoric acid groups is 3. The molecule has 0 bridgehead atoms. The lowest BCUT2D eigenvalue weighted by Crippen LogP contribution is -2.44. The zero-order valence-corrected chi connectivity index (χ0v) is 22.4. The minimum Gasteiger partial charge on any atom is -0.390 e. The Morgan fingerprint density at radius 2 is 1.64 bits per heavy atom. The van der Waals surface area contributed by atoms with E-state index in [1.165, 1.54) is 6.08 Å². The van der Waals surface area contributed by atoms with Gasteiger partial charge < -0.3 is 15.6 Å². The fourth-order valence-corrected chi connectivity index (χ4v) is 7.45. The first-order valence-corrected chi connectivity index (χ1v) is 14.4. The molecular weight excluding hydrogens is 549 g/mol. The predicted molar refractivity (Wildman–Crippen MR) is 120 cm³/mol. The number of hydrogen-bond donors (Lipinski definition) is 3. The molecule has 19 heteroatoms. The molecule has 16 nitrogen and oxygen atoms in total. The summed E-state index contributed by atoms with van der Waals surface area (Å²) in [5, 5.41) is 12.5. The van der Waals surface area contributed by atoms with Crippen LogP contribution in [0, 0.1) is 17.8 Å². The number of nitrogens with two attached hydrogens (primary N) is 1. The van der Waals surface area contributed by atoms with Crippen LogP contribution in [-0.4, -0.2) is 76.8 Å². The molecule has 1 fully saturated rings. The number of hydrogen-bond acceptors (Lipinski definition) is 15. The lowest BCUT2D eigenvalue weighted by atomic mass is 9.92. The number of carbonyl (C=O) groups is 2. The van der Waals surface area contributed by atoms with Crippen LogP contribution in [0.3, 0.4) is 0 Å². The highest BCUT2D eigenvalue weighted by atomic mass is 31.3. The van der Waals surface area contributed by atoms with E-state index in [1.54, 1.807) is 0 Å². The number of carbonyl (C=O) groups excluding carboxylic acids is 2. The predicted octanol–water partition coefficient (Wildman–Crippen LogP) is 0.626. The van der Waals surface area contributed by atoms with Crippen LogP contribution in [0.2, 0.25) is 0 Å². The number of aliphatic hydroxyl groups excluding tert-OH is 1. The first-order valence-electron chi connectivity index (χ1n) is 10.1. The average Bonchev–Trinajstić information content (AvgIpc) is 3.22. The molecule has 2 aliphatic heterocycles. The van der Waals surface area contributed by atoms with Crippen LogP contribution in [-0.2, 0) is 59.3 Å². The van der Waals surface area contributed by atoms with Crippen molar-refractivity contribution in [3.63, 3.8) is 0 Å². The Bertz CT molecular complexity index is 1060. The number of rotatable bonds is 12. The third kappa shape index (κ3) is 7.86. The molecule has 4 unspecified atom stereocenters. The maximum absolute atomic E-state index is 12.9. The maximum atomic E-state index is 12.9. The lowest BCUT2D eigenvalue weighted by Gasteiger charge is -2.25. The van der Waals surface area contributed by atoms with Gasteiger partial charge in [0.25, 0.3) is 5.91 Å². The second-order valence-electron chi connectivity index (χ2n) is 6.98. The first kappa shape index (κ1) is 31.0. The van der Waals surface area contributed by atoms with Gasteiger partial charge in [0.15, 0.2) is 0 Å². The van der Waals surface area contributed by atoms with Crippen molar-refractivity contribution >= 4 is 35.3 Å². The van der Waals surface area contributed by atoms with Gasteiger partial charge in [-0.15, -0.1) is 0 Å². The van der Waals surface area contributed by atoms with Crippen molar-refractivity contribution in [2.75, 3.05) is 41.6 Å². The molecule has 0 spiro atoms. The summed E-state index contributed by atoms with van der Waals surface area (Å²) in [7, 11) is -10.4. The molecule has 2 rings (SSSR count). The monoisotopic (exact) mass is 576 g/mol. The van der Waals surface area contributed by atoms with E-state index in [0.717, 1.165) is 28.4 Å². The van der Waals surface area contributed by atoms with Crippen LogP contribution >= 0.6 is 23.5 Å². The molecule has 2 aliphatic rings. The molecule has 0 aliphatic carbocycles. The van der Waals surface area contributed by atoms with Gasteiger partial charge in [0.05, 0.1) is 36.9 Å². The number of imide groups is 1. The highest BCUT2D eigenvalue weighted by Gasteiger charge is 2.47. The Labute approximate surface area is 206 Å². The summed E-state index contributed by atoms with van der Waals surface area (Å²) >= 11 is 0. The van der Waals surface area contributed by atoms with Gasteiger partial charge in [0, 0.05) is 34.9 Å². The molecule has 0 saturated carbocycles. The molecular formula is C17H27N2O14P3. The first-order chi connectivity index (χ1) is 16.9. The van der Waals surface area contributed by atoms with Gasteiger partial charge in [-0.25, -0.2) is 13.7 Å². The van der Waals surface area contributed by atoms with Gasteiger partial charge in [-0.2, -0.15) is 8.62 Å². The molecule has 0 radical (unpaired) electrons. The molecule has 0 aromatic heterocycles. The van der Waals surface area contributed by atoms with E-state index in [1.807, 2.05) is 0 Å². The Hall–Kier alpha value is -1.27. The summed E-state index contributed by atoms with van der Waals surface area (Å²) in [4.78, 5) is 24.2. The normalized spacial score (nSPS) is 27.9. The third-order valence-electron chi connectivity index (χ3n) is 4.80. The summed E-state index contributed by atoms with van der Waals surface area (Å²) in [5.74, 6) is 2.73. The second-order valence-corrected chi connectivity index (χ2v) is 12.7. The third-order valence-corrected chi connectivity index (χ3v) is 10.3. The molecule has 0 aromatic carbocycles. The van der Waals surface area contributed by atoms with Crippen molar-refractivity contribution < 1.29 is 64.4 Å².